The molecule has 21 heavy (non-hydrogen) atoms. The molecule has 0 heterocycles. The second-order valence-electron chi connectivity index (χ2n) is 4.02. The van der Waals surface area contributed by atoms with Gasteiger partial charge in [0.15, 0.2) is 0 Å². The van der Waals surface area contributed by atoms with Gasteiger partial charge in [0, 0.05) is 0 Å². The molecule has 0 aromatic heterocycles. The Morgan fingerprint density at radius 3 is 1.62 bits per heavy atom. The summed E-state index contributed by atoms with van der Waals surface area (Å²) >= 11 is 0. The second kappa shape index (κ2) is 5.51. The van der Waals surface area contributed by atoms with E-state index in [9.17, 15) is 40.6 Å². The van der Waals surface area contributed by atoms with Crippen molar-refractivity contribution in [1.29, 1.82) is 0 Å². The summed E-state index contributed by atoms with van der Waals surface area (Å²) in [6.45, 7) is 0. The molecule has 0 amide bonds. The number of aliphatic hydroxyl groups is 1. The molecule has 1 aromatic rings. The van der Waals surface area contributed by atoms with E-state index < -0.39 is 47.3 Å². The van der Waals surface area contributed by atoms with E-state index in [0.29, 0.717) is 0 Å². The van der Waals surface area contributed by atoms with Crippen LogP contribution in [-0.4, -0.2) is 22.4 Å². The Balaban J connectivity index is 3.42. The summed E-state index contributed by atoms with van der Waals surface area (Å²) in [5.41, 5.74) is -4.68. The molecule has 0 aliphatic rings. The number of carboxylic acid groups (broad SMARTS) is 1. The number of halogens is 7. The van der Waals surface area contributed by atoms with E-state index in [-0.39, 0.29) is 18.2 Å². The highest BCUT2D eigenvalue weighted by atomic mass is 19.4. The Labute approximate surface area is 112 Å². The number of hydrogen-bond acceptors (Lipinski definition) is 2. The molecule has 0 aliphatic heterocycles. The van der Waals surface area contributed by atoms with Crippen molar-refractivity contribution in [1.82, 2.24) is 0 Å². The van der Waals surface area contributed by atoms with Gasteiger partial charge in [-0.1, -0.05) is 0 Å². The van der Waals surface area contributed by atoms with Crippen LogP contribution in [0.5, 0.6) is 0 Å². The van der Waals surface area contributed by atoms with Crippen molar-refractivity contribution in [2.24, 2.45) is 0 Å². The summed E-state index contributed by atoms with van der Waals surface area (Å²) < 4.78 is 88.0. The van der Waals surface area contributed by atoms with Gasteiger partial charge in [-0.25, -0.2) is 9.18 Å². The lowest BCUT2D eigenvalue weighted by Crippen LogP contribution is -2.24. The van der Waals surface area contributed by atoms with Crippen LogP contribution in [0.2, 0.25) is 0 Å². The van der Waals surface area contributed by atoms with Crippen LogP contribution in [-0.2, 0) is 17.1 Å². The maximum absolute atomic E-state index is 13.0. The maximum Gasteiger partial charge on any atom is 0.416 e. The lowest BCUT2D eigenvalue weighted by Gasteiger charge is -2.18. The summed E-state index contributed by atoms with van der Waals surface area (Å²) in [4.78, 5) is 10.3. The number of aliphatic hydroxyl groups excluding tert-OH is 1. The van der Waals surface area contributed by atoms with Crippen molar-refractivity contribution < 1.29 is 45.7 Å². The minimum Gasteiger partial charge on any atom is -0.479 e. The highest BCUT2D eigenvalue weighted by Gasteiger charge is 2.38. The van der Waals surface area contributed by atoms with Crippen LogP contribution in [0.3, 0.4) is 0 Å². The number of carboxylic acids is 1. The average Bonchev–Trinajstić information content (AvgIpc) is 2.34. The van der Waals surface area contributed by atoms with Crippen LogP contribution >= 0.6 is 0 Å². The fourth-order valence-electron chi connectivity index (χ4n) is 1.45. The SMILES string of the molecule is O=C(O)C(F)C(O)c1cc(C(F)(F)F)cc(C(F)(F)F)c1. The number of alkyl halides is 7. The smallest absolute Gasteiger partial charge is 0.416 e. The van der Waals surface area contributed by atoms with Gasteiger partial charge in [-0.05, 0) is 23.8 Å². The van der Waals surface area contributed by atoms with Crippen LogP contribution in [0.1, 0.15) is 22.8 Å². The van der Waals surface area contributed by atoms with Crippen LogP contribution < -0.4 is 0 Å². The molecule has 3 nitrogen and oxygen atoms in total. The van der Waals surface area contributed by atoms with E-state index in [2.05, 4.69) is 0 Å². The molecule has 0 radical (unpaired) electrons. The average molecular weight is 320 g/mol. The minimum absolute atomic E-state index is 0.0649. The van der Waals surface area contributed by atoms with E-state index in [0.717, 1.165) is 0 Å². The molecule has 0 spiro atoms. The van der Waals surface area contributed by atoms with E-state index in [1.54, 1.807) is 0 Å². The Morgan fingerprint density at radius 2 is 1.33 bits per heavy atom. The number of benzene rings is 1. The lowest BCUT2D eigenvalue weighted by atomic mass is 9.98. The number of hydrogen-bond donors (Lipinski definition) is 2. The predicted octanol–water partition coefficient (Wildman–Crippen LogP) is 3.18. The molecule has 0 bridgehead atoms. The van der Waals surface area contributed by atoms with Gasteiger partial charge in [0.05, 0.1) is 11.1 Å². The van der Waals surface area contributed by atoms with Crippen LogP contribution in [0.15, 0.2) is 18.2 Å². The van der Waals surface area contributed by atoms with E-state index in [1.165, 1.54) is 0 Å². The molecule has 10 heteroatoms. The monoisotopic (exact) mass is 320 g/mol. The zero-order valence-electron chi connectivity index (χ0n) is 9.84. The normalized spacial score (nSPS) is 15.6. The third kappa shape index (κ3) is 4.06. The van der Waals surface area contributed by atoms with Gasteiger partial charge in [-0.3, -0.25) is 0 Å². The van der Waals surface area contributed by atoms with Gasteiger partial charge in [0.2, 0.25) is 6.17 Å². The first-order valence-corrected chi connectivity index (χ1v) is 5.18. The van der Waals surface area contributed by atoms with Crippen molar-refractivity contribution in [3.8, 4) is 0 Å². The standard InChI is InChI=1S/C11H7F7O3/c12-7(9(20)21)8(19)4-1-5(10(13,14)15)3-6(2-4)11(16,17)18/h1-3,7-8,19H,(H,20,21). The molecule has 0 saturated heterocycles. The first-order valence-electron chi connectivity index (χ1n) is 5.18. The van der Waals surface area contributed by atoms with Gasteiger partial charge in [-0.15, -0.1) is 0 Å². The molecule has 0 saturated carbocycles. The molecule has 118 valence electrons. The zero-order chi connectivity index (χ0) is 16.6. The first-order chi connectivity index (χ1) is 9.34. The van der Waals surface area contributed by atoms with Crippen LogP contribution in [0.25, 0.3) is 0 Å². The summed E-state index contributed by atoms with van der Waals surface area (Å²) in [5, 5.41) is 17.5. The number of rotatable bonds is 3. The fraction of sp³-hybridized carbons (Fsp3) is 0.364. The van der Waals surface area contributed by atoms with E-state index in [4.69, 9.17) is 5.11 Å². The third-order valence-corrected chi connectivity index (χ3v) is 2.46. The Morgan fingerprint density at radius 1 is 0.952 bits per heavy atom. The maximum atomic E-state index is 13.0. The van der Waals surface area contributed by atoms with Crippen molar-refractivity contribution in [2.75, 3.05) is 0 Å². The Kier molecular flexibility index (Phi) is 4.51. The van der Waals surface area contributed by atoms with Gasteiger partial charge in [0.1, 0.15) is 6.10 Å². The molecular formula is C11H7F7O3. The zero-order valence-corrected chi connectivity index (χ0v) is 9.84. The summed E-state index contributed by atoms with van der Waals surface area (Å²) in [7, 11) is 0. The van der Waals surface area contributed by atoms with Crippen LogP contribution in [0, 0.1) is 0 Å². The Hall–Kier alpha value is -1.84. The molecule has 2 N–H and O–H groups in total. The van der Waals surface area contributed by atoms with Crippen molar-refractivity contribution in [2.45, 2.75) is 24.6 Å². The first kappa shape index (κ1) is 17.2. The molecule has 1 rings (SSSR count). The molecule has 1 aromatic carbocycles. The topological polar surface area (TPSA) is 57.5 Å². The molecule has 2 atom stereocenters. The summed E-state index contributed by atoms with van der Waals surface area (Å²) in [6.07, 6.45) is -16.1. The molecule has 0 aliphatic carbocycles. The third-order valence-electron chi connectivity index (χ3n) is 2.46. The predicted molar refractivity (Wildman–Crippen MR) is 53.9 cm³/mol. The highest BCUT2D eigenvalue weighted by molar-refractivity contribution is 5.73. The van der Waals surface area contributed by atoms with E-state index in [1.807, 2.05) is 0 Å². The van der Waals surface area contributed by atoms with Gasteiger partial charge >= 0.3 is 18.3 Å². The number of aliphatic carboxylic acids is 1. The van der Waals surface area contributed by atoms with Gasteiger partial charge in [-0.2, -0.15) is 26.3 Å². The molecule has 0 fully saturated rings. The van der Waals surface area contributed by atoms with Gasteiger partial charge in [0.25, 0.3) is 0 Å². The molecular weight excluding hydrogens is 313 g/mol. The summed E-state index contributed by atoms with van der Waals surface area (Å²) in [6, 6.07) is -0.0882. The van der Waals surface area contributed by atoms with Crippen LogP contribution in [0.4, 0.5) is 30.7 Å². The van der Waals surface area contributed by atoms with E-state index >= 15 is 0 Å². The quantitative estimate of drug-likeness (QED) is 0.841. The van der Waals surface area contributed by atoms with Crippen molar-refractivity contribution in [3.63, 3.8) is 0 Å². The minimum atomic E-state index is -5.18. The second-order valence-corrected chi connectivity index (χ2v) is 4.02. The fourth-order valence-corrected chi connectivity index (χ4v) is 1.45. The van der Waals surface area contributed by atoms with Crippen molar-refractivity contribution in [3.05, 3.63) is 34.9 Å². The van der Waals surface area contributed by atoms with Crippen molar-refractivity contribution >= 4 is 5.97 Å². The van der Waals surface area contributed by atoms with Gasteiger partial charge < -0.3 is 10.2 Å². The number of carbonyl (C=O) groups is 1. The lowest BCUT2D eigenvalue weighted by molar-refractivity contribution is -0.147. The highest BCUT2D eigenvalue weighted by Crippen LogP contribution is 2.38. The molecule has 2 unspecified atom stereocenters. The Bertz CT molecular complexity index is 503. The largest absolute Gasteiger partial charge is 0.479 e. The summed E-state index contributed by atoms with van der Waals surface area (Å²) in [5.74, 6) is -2.21.